The normalized spacial score (nSPS) is 31.1. The van der Waals surface area contributed by atoms with Gasteiger partial charge < -0.3 is 10.4 Å². The van der Waals surface area contributed by atoms with Crippen LogP contribution < -0.4 is 5.32 Å². The Labute approximate surface area is 131 Å². The van der Waals surface area contributed by atoms with Crippen LogP contribution in [-0.4, -0.2) is 48.3 Å². The van der Waals surface area contributed by atoms with Crippen LogP contribution in [0.3, 0.4) is 0 Å². The van der Waals surface area contributed by atoms with Crippen molar-refractivity contribution in [2.75, 3.05) is 26.2 Å². The molecule has 2 aliphatic carbocycles. The first kappa shape index (κ1) is 17.2. The molecule has 0 aliphatic heterocycles. The van der Waals surface area contributed by atoms with E-state index in [2.05, 4.69) is 24.1 Å². The van der Waals surface area contributed by atoms with Crippen molar-refractivity contribution in [3.8, 4) is 0 Å². The summed E-state index contributed by atoms with van der Waals surface area (Å²) in [4.78, 5) is 2.61. The molecule has 2 aliphatic rings. The number of rotatable bonds is 8. The van der Waals surface area contributed by atoms with E-state index in [4.69, 9.17) is 0 Å². The smallest absolute Gasteiger partial charge is 0.0558 e. The molecule has 0 aromatic heterocycles. The molecule has 2 saturated carbocycles. The summed E-state index contributed by atoms with van der Waals surface area (Å²) in [5.74, 6) is 1.69. The van der Waals surface area contributed by atoms with Gasteiger partial charge in [0.25, 0.3) is 0 Å². The van der Waals surface area contributed by atoms with Gasteiger partial charge in [-0.15, -0.1) is 0 Å². The van der Waals surface area contributed by atoms with Gasteiger partial charge in [-0.3, -0.25) is 4.90 Å². The maximum Gasteiger partial charge on any atom is 0.0558 e. The minimum Gasteiger partial charge on any atom is -0.395 e. The van der Waals surface area contributed by atoms with E-state index in [0.29, 0.717) is 12.6 Å². The highest BCUT2D eigenvalue weighted by Gasteiger charge is 2.32. The third-order valence-corrected chi connectivity index (χ3v) is 5.83. The van der Waals surface area contributed by atoms with Crippen LogP contribution in [0.2, 0.25) is 0 Å². The van der Waals surface area contributed by atoms with Crippen LogP contribution in [0.5, 0.6) is 0 Å². The lowest BCUT2D eigenvalue weighted by Crippen LogP contribution is -2.48. The van der Waals surface area contributed by atoms with Crippen molar-refractivity contribution in [1.82, 2.24) is 10.2 Å². The van der Waals surface area contributed by atoms with Crippen molar-refractivity contribution in [3.63, 3.8) is 0 Å². The summed E-state index contributed by atoms with van der Waals surface area (Å²) in [5.41, 5.74) is 0. The molecule has 21 heavy (non-hydrogen) atoms. The molecular weight excluding hydrogens is 260 g/mol. The first-order chi connectivity index (χ1) is 10.3. The van der Waals surface area contributed by atoms with Crippen LogP contribution in [0.4, 0.5) is 0 Å². The van der Waals surface area contributed by atoms with Gasteiger partial charge >= 0.3 is 0 Å². The van der Waals surface area contributed by atoms with Gasteiger partial charge in [0, 0.05) is 25.2 Å². The van der Waals surface area contributed by atoms with Crippen molar-refractivity contribution in [1.29, 1.82) is 0 Å². The lowest BCUT2D eigenvalue weighted by Gasteiger charge is -2.40. The van der Waals surface area contributed by atoms with Gasteiger partial charge in [0.2, 0.25) is 0 Å². The Kier molecular flexibility index (Phi) is 7.48. The Balaban J connectivity index is 1.96. The van der Waals surface area contributed by atoms with E-state index in [-0.39, 0.29) is 0 Å². The minimum atomic E-state index is 0.312. The molecule has 0 spiro atoms. The average molecular weight is 296 g/mol. The van der Waals surface area contributed by atoms with E-state index in [1.807, 2.05) is 0 Å². The van der Waals surface area contributed by atoms with E-state index in [0.717, 1.165) is 31.0 Å². The molecule has 0 heterocycles. The second-order valence-electron chi connectivity index (χ2n) is 7.17. The summed E-state index contributed by atoms with van der Waals surface area (Å²) in [6.07, 6.45) is 10.9. The SMILES string of the molecule is CCNC1CCC(CC)CC1CN(CCO)C1CCCC1. The van der Waals surface area contributed by atoms with Gasteiger partial charge in [-0.05, 0) is 50.5 Å². The molecule has 2 fully saturated rings. The molecule has 0 aromatic rings. The summed E-state index contributed by atoms with van der Waals surface area (Å²) in [6.45, 7) is 8.03. The molecule has 3 nitrogen and oxygen atoms in total. The lowest BCUT2D eigenvalue weighted by atomic mass is 9.76. The first-order valence-corrected chi connectivity index (χ1v) is 9.36. The predicted molar refractivity (Wildman–Crippen MR) is 89.5 cm³/mol. The zero-order chi connectivity index (χ0) is 15.1. The van der Waals surface area contributed by atoms with Crippen molar-refractivity contribution in [3.05, 3.63) is 0 Å². The zero-order valence-electron chi connectivity index (χ0n) is 14.2. The van der Waals surface area contributed by atoms with Crippen LogP contribution in [0.15, 0.2) is 0 Å². The number of nitrogens with zero attached hydrogens (tertiary/aromatic N) is 1. The molecule has 3 heteroatoms. The van der Waals surface area contributed by atoms with Crippen LogP contribution in [0.1, 0.15) is 65.2 Å². The Bertz CT molecular complexity index is 278. The Morgan fingerprint density at radius 2 is 1.86 bits per heavy atom. The standard InChI is InChI=1S/C18H36N2O/c1-3-15-9-10-18(19-4-2)16(13-15)14-20(11-12-21)17-7-5-6-8-17/h15-19,21H,3-14H2,1-2H3. The zero-order valence-corrected chi connectivity index (χ0v) is 14.2. The van der Waals surface area contributed by atoms with Crippen molar-refractivity contribution in [2.45, 2.75) is 77.3 Å². The molecule has 0 aromatic carbocycles. The highest BCUT2D eigenvalue weighted by Crippen LogP contribution is 2.33. The molecule has 2 rings (SSSR count). The summed E-state index contributed by atoms with van der Waals surface area (Å²) in [6, 6.07) is 1.43. The quantitative estimate of drug-likeness (QED) is 0.723. The Morgan fingerprint density at radius 3 is 2.48 bits per heavy atom. The fourth-order valence-electron chi connectivity index (χ4n) is 4.59. The summed E-state index contributed by atoms with van der Waals surface area (Å²) in [7, 11) is 0. The van der Waals surface area contributed by atoms with Gasteiger partial charge in [0.15, 0.2) is 0 Å². The summed E-state index contributed by atoms with van der Waals surface area (Å²) in [5, 5.41) is 13.2. The molecule has 3 unspecified atom stereocenters. The van der Waals surface area contributed by atoms with E-state index in [1.165, 1.54) is 57.9 Å². The van der Waals surface area contributed by atoms with Gasteiger partial charge in [0.1, 0.15) is 0 Å². The minimum absolute atomic E-state index is 0.312. The summed E-state index contributed by atoms with van der Waals surface area (Å²) >= 11 is 0. The second kappa shape index (κ2) is 9.12. The molecule has 0 radical (unpaired) electrons. The van der Waals surface area contributed by atoms with Crippen LogP contribution in [0, 0.1) is 11.8 Å². The van der Waals surface area contributed by atoms with Crippen LogP contribution >= 0.6 is 0 Å². The van der Waals surface area contributed by atoms with Crippen LogP contribution in [0.25, 0.3) is 0 Å². The fraction of sp³-hybridized carbons (Fsp3) is 1.00. The van der Waals surface area contributed by atoms with Crippen molar-refractivity contribution in [2.24, 2.45) is 11.8 Å². The van der Waals surface area contributed by atoms with Crippen molar-refractivity contribution >= 4 is 0 Å². The monoisotopic (exact) mass is 296 g/mol. The number of aliphatic hydroxyl groups is 1. The summed E-state index contributed by atoms with van der Waals surface area (Å²) < 4.78 is 0. The predicted octanol–water partition coefficient (Wildman–Crippen LogP) is 3.03. The molecule has 0 amide bonds. The Hall–Kier alpha value is -0.120. The van der Waals surface area contributed by atoms with Crippen molar-refractivity contribution < 1.29 is 5.11 Å². The number of nitrogens with one attached hydrogen (secondary N) is 1. The molecule has 0 saturated heterocycles. The average Bonchev–Trinajstić information content (AvgIpc) is 3.03. The lowest BCUT2D eigenvalue weighted by molar-refractivity contribution is 0.0927. The largest absolute Gasteiger partial charge is 0.395 e. The van der Waals surface area contributed by atoms with Gasteiger partial charge in [-0.1, -0.05) is 33.1 Å². The van der Waals surface area contributed by atoms with E-state index < -0.39 is 0 Å². The van der Waals surface area contributed by atoms with Gasteiger partial charge in [-0.2, -0.15) is 0 Å². The third kappa shape index (κ3) is 4.94. The Morgan fingerprint density at radius 1 is 1.10 bits per heavy atom. The maximum atomic E-state index is 9.44. The molecule has 2 N–H and O–H groups in total. The number of hydrogen-bond acceptors (Lipinski definition) is 3. The molecule has 0 bridgehead atoms. The van der Waals surface area contributed by atoms with Gasteiger partial charge in [0.05, 0.1) is 6.61 Å². The topological polar surface area (TPSA) is 35.5 Å². The van der Waals surface area contributed by atoms with E-state index in [1.54, 1.807) is 0 Å². The number of hydrogen-bond donors (Lipinski definition) is 2. The van der Waals surface area contributed by atoms with E-state index in [9.17, 15) is 5.11 Å². The number of aliphatic hydroxyl groups excluding tert-OH is 1. The maximum absolute atomic E-state index is 9.44. The highest BCUT2D eigenvalue weighted by molar-refractivity contribution is 4.88. The highest BCUT2D eigenvalue weighted by atomic mass is 16.3. The first-order valence-electron chi connectivity index (χ1n) is 9.36. The van der Waals surface area contributed by atoms with Crippen LogP contribution in [-0.2, 0) is 0 Å². The van der Waals surface area contributed by atoms with Gasteiger partial charge in [-0.25, -0.2) is 0 Å². The third-order valence-electron chi connectivity index (χ3n) is 5.83. The van der Waals surface area contributed by atoms with E-state index >= 15 is 0 Å². The molecular formula is C18H36N2O. The fourth-order valence-corrected chi connectivity index (χ4v) is 4.59. The molecule has 124 valence electrons. The second-order valence-corrected chi connectivity index (χ2v) is 7.17. The molecule has 3 atom stereocenters.